The van der Waals surface area contributed by atoms with Crippen LogP contribution in [0.15, 0.2) is 34.9 Å². The molecule has 1 heterocycles. The molecule has 1 aromatic heterocycles. The average molecular weight is 345 g/mol. The molecular weight excluding hydrogens is 328 g/mol. The van der Waals surface area contributed by atoms with Crippen molar-refractivity contribution in [2.24, 2.45) is 0 Å². The molecule has 2 aromatic rings. The van der Waals surface area contributed by atoms with Gasteiger partial charge in [-0.15, -0.1) is 0 Å². The second-order valence-corrected chi connectivity index (χ2v) is 6.30. The van der Waals surface area contributed by atoms with Gasteiger partial charge in [0, 0.05) is 10.7 Å². The Morgan fingerprint density at radius 2 is 2.14 bits per heavy atom. The van der Waals surface area contributed by atoms with Crippen LogP contribution in [-0.4, -0.2) is 9.78 Å². The highest BCUT2D eigenvalue weighted by Gasteiger charge is 2.17. The molecule has 0 saturated heterocycles. The quantitative estimate of drug-likeness (QED) is 0.902. The summed E-state index contributed by atoms with van der Waals surface area (Å²) in [5.41, 5.74) is 2.49. The van der Waals surface area contributed by atoms with Gasteiger partial charge in [0.25, 0.3) is 0 Å². The summed E-state index contributed by atoms with van der Waals surface area (Å²) < 4.78 is 3.05. The minimum Gasteiger partial charge on any atom is -0.378 e. The Morgan fingerprint density at radius 3 is 2.90 bits per heavy atom. The van der Waals surface area contributed by atoms with Gasteiger partial charge in [0.15, 0.2) is 0 Å². The van der Waals surface area contributed by atoms with Crippen LogP contribution >= 0.6 is 15.9 Å². The smallest absolute Gasteiger partial charge is 0.101 e. The van der Waals surface area contributed by atoms with Gasteiger partial charge in [0.1, 0.15) is 6.07 Å². The molecule has 0 aliphatic heterocycles. The fourth-order valence-corrected chi connectivity index (χ4v) is 3.15. The molecule has 1 N–H and O–H groups in total. The standard InChI is InChI=1S/C16H17BrN4/c17-13-6-5-12(10-18)16(9-13)19-11-14-7-8-21(20-14)15-3-1-2-4-15/h5-9,15,19H,1-4,11H2. The molecule has 5 heteroatoms. The number of aromatic nitrogens is 2. The number of benzene rings is 1. The highest BCUT2D eigenvalue weighted by atomic mass is 79.9. The minimum absolute atomic E-state index is 0.569. The van der Waals surface area contributed by atoms with Crippen molar-refractivity contribution in [1.82, 2.24) is 9.78 Å². The van der Waals surface area contributed by atoms with E-state index in [4.69, 9.17) is 5.26 Å². The number of halogens is 1. The first-order valence-corrected chi connectivity index (χ1v) is 8.03. The normalized spacial score (nSPS) is 15.0. The molecule has 3 rings (SSSR count). The third-order valence-electron chi connectivity index (χ3n) is 3.92. The van der Waals surface area contributed by atoms with E-state index in [1.54, 1.807) is 0 Å². The van der Waals surface area contributed by atoms with Crippen LogP contribution in [0.2, 0.25) is 0 Å². The zero-order valence-corrected chi connectivity index (χ0v) is 13.3. The van der Waals surface area contributed by atoms with Gasteiger partial charge in [0.05, 0.1) is 29.5 Å². The number of nitriles is 1. The number of nitrogens with zero attached hydrogens (tertiary/aromatic N) is 3. The summed E-state index contributed by atoms with van der Waals surface area (Å²) in [6, 6.07) is 10.4. The molecule has 1 saturated carbocycles. The summed E-state index contributed by atoms with van der Waals surface area (Å²) in [5.74, 6) is 0. The first kappa shape index (κ1) is 14.2. The van der Waals surface area contributed by atoms with Crippen LogP contribution in [0.5, 0.6) is 0 Å². The van der Waals surface area contributed by atoms with Crippen molar-refractivity contribution in [1.29, 1.82) is 5.26 Å². The molecule has 0 bridgehead atoms. The van der Waals surface area contributed by atoms with Crippen LogP contribution in [0.4, 0.5) is 5.69 Å². The summed E-state index contributed by atoms with van der Waals surface area (Å²) in [4.78, 5) is 0. The molecule has 0 atom stereocenters. The van der Waals surface area contributed by atoms with E-state index in [0.717, 1.165) is 15.9 Å². The Morgan fingerprint density at radius 1 is 1.33 bits per heavy atom. The third-order valence-corrected chi connectivity index (χ3v) is 4.42. The maximum absolute atomic E-state index is 9.13. The molecule has 1 aromatic carbocycles. The monoisotopic (exact) mass is 344 g/mol. The van der Waals surface area contributed by atoms with Gasteiger partial charge < -0.3 is 5.32 Å². The summed E-state index contributed by atoms with van der Waals surface area (Å²) >= 11 is 3.43. The molecule has 1 aliphatic rings. The maximum atomic E-state index is 9.13. The Hall–Kier alpha value is -1.80. The number of hydrogen-bond acceptors (Lipinski definition) is 3. The molecule has 0 amide bonds. The van der Waals surface area contributed by atoms with E-state index in [1.807, 2.05) is 18.2 Å². The molecule has 0 radical (unpaired) electrons. The number of nitrogens with one attached hydrogen (secondary N) is 1. The topological polar surface area (TPSA) is 53.6 Å². The lowest BCUT2D eigenvalue weighted by molar-refractivity contribution is 0.463. The minimum atomic E-state index is 0.569. The fraction of sp³-hybridized carbons (Fsp3) is 0.375. The van der Waals surface area contributed by atoms with Crippen molar-refractivity contribution >= 4 is 21.6 Å². The van der Waals surface area contributed by atoms with Crippen LogP contribution < -0.4 is 5.32 Å². The molecule has 0 unspecified atom stereocenters. The van der Waals surface area contributed by atoms with Crippen molar-refractivity contribution in [3.8, 4) is 6.07 Å². The summed E-state index contributed by atoms with van der Waals surface area (Å²) in [7, 11) is 0. The molecule has 108 valence electrons. The first-order chi connectivity index (χ1) is 10.3. The Balaban J connectivity index is 1.68. The van der Waals surface area contributed by atoms with E-state index in [9.17, 15) is 0 Å². The van der Waals surface area contributed by atoms with Gasteiger partial charge in [-0.1, -0.05) is 28.8 Å². The summed E-state index contributed by atoms with van der Waals surface area (Å²) in [6.07, 6.45) is 7.15. The van der Waals surface area contributed by atoms with Crippen molar-refractivity contribution in [2.45, 2.75) is 38.3 Å². The molecule has 21 heavy (non-hydrogen) atoms. The lowest BCUT2D eigenvalue weighted by atomic mass is 10.2. The van der Waals surface area contributed by atoms with Gasteiger partial charge >= 0.3 is 0 Å². The third kappa shape index (κ3) is 3.27. The second kappa shape index (κ2) is 6.31. The molecule has 4 nitrogen and oxygen atoms in total. The van der Waals surface area contributed by atoms with Gasteiger partial charge in [-0.25, -0.2) is 0 Å². The van der Waals surface area contributed by atoms with E-state index < -0.39 is 0 Å². The van der Waals surface area contributed by atoms with E-state index in [2.05, 4.69) is 49.4 Å². The lowest BCUT2D eigenvalue weighted by Crippen LogP contribution is -2.07. The highest BCUT2D eigenvalue weighted by Crippen LogP contribution is 2.28. The maximum Gasteiger partial charge on any atom is 0.101 e. The van der Waals surface area contributed by atoms with Crippen LogP contribution in [0.3, 0.4) is 0 Å². The number of rotatable bonds is 4. The molecular formula is C16H17BrN4. The van der Waals surface area contributed by atoms with Crippen LogP contribution in [0, 0.1) is 11.3 Å². The van der Waals surface area contributed by atoms with Crippen molar-refractivity contribution in [2.75, 3.05) is 5.32 Å². The first-order valence-electron chi connectivity index (χ1n) is 7.24. The Labute approximate surface area is 132 Å². The SMILES string of the molecule is N#Cc1ccc(Br)cc1NCc1ccn(C2CCCC2)n1. The van der Waals surface area contributed by atoms with E-state index >= 15 is 0 Å². The molecule has 1 fully saturated rings. The van der Waals surface area contributed by atoms with E-state index in [-0.39, 0.29) is 0 Å². The van der Waals surface area contributed by atoms with Crippen LogP contribution in [0.25, 0.3) is 0 Å². The predicted molar refractivity (Wildman–Crippen MR) is 85.9 cm³/mol. The summed E-state index contributed by atoms with van der Waals surface area (Å²) in [5, 5.41) is 17.1. The predicted octanol–water partition coefficient (Wildman–Crippen LogP) is 4.24. The second-order valence-electron chi connectivity index (χ2n) is 5.38. The van der Waals surface area contributed by atoms with Gasteiger partial charge in [-0.3, -0.25) is 4.68 Å². The fourth-order valence-electron chi connectivity index (χ4n) is 2.79. The van der Waals surface area contributed by atoms with Crippen molar-refractivity contribution < 1.29 is 0 Å². The van der Waals surface area contributed by atoms with Gasteiger partial charge in [0.2, 0.25) is 0 Å². The lowest BCUT2D eigenvalue weighted by Gasteiger charge is -2.09. The molecule has 1 aliphatic carbocycles. The number of hydrogen-bond donors (Lipinski definition) is 1. The number of anilines is 1. The van der Waals surface area contributed by atoms with Crippen molar-refractivity contribution in [3.05, 3.63) is 46.2 Å². The van der Waals surface area contributed by atoms with E-state index in [1.165, 1.54) is 25.7 Å². The zero-order chi connectivity index (χ0) is 14.7. The van der Waals surface area contributed by atoms with Gasteiger partial charge in [-0.05, 0) is 37.1 Å². The largest absolute Gasteiger partial charge is 0.378 e. The average Bonchev–Trinajstić information content (AvgIpc) is 3.16. The van der Waals surface area contributed by atoms with Crippen LogP contribution in [-0.2, 0) is 6.54 Å². The van der Waals surface area contributed by atoms with E-state index in [0.29, 0.717) is 18.2 Å². The molecule has 0 spiro atoms. The Bertz CT molecular complexity index is 665. The van der Waals surface area contributed by atoms with Crippen LogP contribution in [0.1, 0.15) is 43.0 Å². The Kier molecular flexibility index (Phi) is 4.26. The zero-order valence-electron chi connectivity index (χ0n) is 11.7. The van der Waals surface area contributed by atoms with Crippen molar-refractivity contribution in [3.63, 3.8) is 0 Å². The highest BCUT2D eigenvalue weighted by molar-refractivity contribution is 9.10. The summed E-state index contributed by atoms with van der Waals surface area (Å²) in [6.45, 7) is 0.630. The van der Waals surface area contributed by atoms with Gasteiger partial charge in [-0.2, -0.15) is 10.4 Å².